The summed E-state index contributed by atoms with van der Waals surface area (Å²) in [6.07, 6.45) is 0. The summed E-state index contributed by atoms with van der Waals surface area (Å²) >= 11 is 0. The van der Waals surface area contributed by atoms with E-state index in [0.29, 0.717) is 5.84 Å². The zero-order valence-electron chi connectivity index (χ0n) is 10.7. The van der Waals surface area contributed by atoms with Crippen molar-refractivity contribution in [1.82, 2.24) is 0 Å². The van der Waals surface area contributed by atoms with Gasteiger partial charge >= 0.3 is 0 Å². The van der Waals surface area contributed by atoms with Crippen LogP contribution in [0.5, 0.6) is 0 Å². The Hall–Kier alpha value is -1.13. The molecule has 86 valence electrons. The van der Waals surface area contributed by atoms with E-state index >= 15 is 0 Å². The molecule has 0 saturated heterocycles. The van der Waals surface area contributed by atoms with Gasteiger partial charge in [0, 0.05) is 5.41 Å². The molecule has 0 bridgehead atoms. The summed E-state index contributed by atoms with van der Waals surface area (Å²) in [6, 6.07) is 0. The van der Waals surface area contributed by atoms with Gasteiger partial charge in [-0.05, 0) is 31.2 Å². The first-order chi connectivity index (χ1) is 6.67. The number of hydrogen-bond acceptors (Lipinski definition) is 2. The van der Waals surface area contributed by atoms with Gasteiger partial charge in [-0.15, -0.1) is 5.11 Å². The minimum Gasteiger partial charge on any atom is -0.263 e. The number of amidine groups is 1. The van der Waals surface area contributed by atoms with Crippen LogP contribution in [0.15, 0.2) is 25.7 Å². The molecule has 0 fully saturated rings. The van der Waals surface area contributed by atoms with Crippen LogP contribution < -0.4 is 0 Å². The third kappa shape index (κ3) is 6.88. The van der Waals surface area contributed by atoms with E-state index in [0.717, 1.165) is 0 Å². The molecule has 0 heterocycles. The first-order valence-corrected chi connectivity index (χ1v) is 4.97. The van der Waals surface area contributed by atoms with Crippen molar-refractivity contribution in [2.45, 2.75) is 47.1 Å². The molecular weight excluding hydrogens is 190 g/mol. The maximum Gasteiger partial charge on any atom is 0.154 e. The van der Waals surface area contributed by atoms with Crippen molar-refractivity contribution in [3.63, 3.8) is 0 Å². The van der Waals surface area contributed by atoms with Gasteiger partial charge in [0.15, 0.2) is 5.84 Å². The Morgan fingerprint density at radius 1 is 0.867 bits per heavy atom. The van der Waals surface area contributed by atoms with Crippen LogP contribution in [0.2, 0.25) is 0 Å². The fraction of sp³-hybridized carbons (Fsp3) is 0.900. The molecule has 0 saturated carbocycles. The summed E-state index contributed by atoms with van der Waals surface area (Å²) in [4.78, 5) is 4.51. The van der Waals surface area contributed by atoms with Crippen LogP contribution in [0, 0.1) is 5.41 Å². The molecule has 0 atom stereocenters. The molecule has 15 heavy (non-hydrogen) atoms. The molecule has 0 aliphatic rings. The Kier molecular flexibility index (Phi) is 4.71. The molecule has 0 aromatic carbocycles. The van der Waals surface area contributed by atoms with Crippen molar-refractivity contribution < 1.29 is 0 Å². The SMILES string of the molecule is C/N=N/N=N\C(=N\C(C)(C)C)C(C)(C)C. The third-order valence-electron chi connectivity index (χ3n) is 1.38. The van der Waals surface area contributed by atoms with E-state index < -0.39 is 0 Å². The summed E-state index contributed by atoms with van der Waals surface area (Å²) in [5.74, 6) is 0.683. The lowest BCUT2D eigenvalue weighted by molar-refractivity contribution is 0.532. The molecule has 0 spiro atoms. The van der Waals surface area contributed by atoms with E-state index in [2.05, 4.69) is 25.7 Å². The topological polar surface area (TPSA) is 61.8 Å². The number of rotatable bonds is 1. The van der Waals surface area contributed by atoms with E-state index in [1.54, 1.807) is 7.05 Å². The van der Waals surface area contributed by atoms with Gasteiger partial charge in [-0.2, -0.15) is 5.11 Å². The van der Waals surface area contributed by atoms with Gasteiger partial charge in [-0.25, -0.2) is 0 Å². The van der Waals surface area contributed by atoms with Crippen molar-refractivity contribution in [2.75, 3.05) is 7.05 Å². The van der Waals surface area contributed by atoms with Gasteiger partial charge in [-0.3, -0.25) is 4.99 Å². The van der Waals surface area contributed by atoms with Crippen LogP contribution in [-0.4, -0.2) is 18.4 Å². The lowest BCUT2D eigenvalue weighted by atomic mass is 9.94. The molecular formula is C10H21N5. The van der Waals surface area contributed by atoms with Crippen molar-refractivity contribution in [3.05, 3.63) is 0 Å². The largest absolute Gasteiger partial charge is 0.263 e. The Morgan fingerprint density at radius 2 is 1.40 bits per heavy atom. The van der Waals surface area contributed by atoms with E-state index in [1.807, 2.05) is 41.5 Å². The van der Waals surface area contributed by atoms with Gasteiger partial charge < -0.3 is 0 Å². The molecule has 0 N–H and O–H groups in total. The third-order valence-corrected chi connectivity index (χ3v) is 1.38. The van der Waals surface area contributed by atoms with E-state index in [9.17, 15) is 0 Å². The van der Waals surface area contributed by atoms with Gasteiger partial charge in [0.1, 0.15) is 0 Å². The Balaban J connectivity index is 5.01. The molecule has 0 aromatic heterocycles. The summed E-state index contributed by atoms with van der Waals surface area (Å²) in [6.45, 7) is 12.2. The normalized spacial score (nSPS) is 15.5. The molecule has 5 nitrogen and oxygen atoms in total. The van der Waals surface area contributed by atoms with Gasteiger partial charge in [-0.1, -0.05) is 20.8 Å². The van der Waals surface area contributed by atoms with E-state index in [1.165, 1.54) is 0 Å². The fourth-order valence-electron chi connectivity index (χ4n) is 0.760. The summed E-state index contributed by atoms with van der Waals surface area (Å²) in [7, 11) is 1.55. The van der Waals surface area contributed by atoms with Crippen LogP contribution in [0.4, 0.5) is 0 Å². The van der Waals surface area contributed by atoms with Crippen LogP contribution in [0.3, 0.4) is 0 Å². The highest BCUT2D eigenvalue weighted by Crippen LogP contribution is 2.21. The number of nitrogens with zero attached hydrogens (tertiary/aromatic N) is 5. The van der Waals surface area contributed by atoms with Crippen LogP contribution in [0.1, 0.15) is 41.5 Å². The lowest BCUT2D eigenvalue weighted by Crippen LogP contribution is -2.23. The van der Waals surface area contributed by atoms with Crippen LogP contribution in [0.25, 0.3) is 0 Å². The standard InChI is InChI=1S/C10H21N5/c1-9(2,3)8(12-10(4,5)6)13-15-14-11-7/h1-7H3/b12-8+,14-11+,15-13-. The van der Waals surface area contributed by atoms with E-state index in [-0.39, 0.29) is 11.0 Å². The molecule has 0 amide bonds. The predicted octanol–water partition coefficient (Wildman–Crippen LogP) is 3.68. The number of hydrogen-bond donors (Lipinski definition) is 0. The number of aliphatic imine (C=N–C) groups is 1. The average molecular weight is 211 g/mol. The fourth-order valence-corrected chi connectivity index (χ4v) is 0.760. The Morgan fingerprint density at radius 3 is 1.73 bits per heavy atom. The lowest BCUT2D eigenvalue weighted by Gasteiger charge is -2.21. The molecule has 0 unspecified atom stereocenters. The first kappa shape index (κ1) is 13.9. The Bertz CT molecular complexity index is 275. The summed E-state index contributed by atoms with van der Waals surface area (Å²) in [5, 5.41) is 14.5. The minimum absolute atomic E-state index is 0.139. The summed E-state index contributed by atoms with van der Waals surface area (Å²) < 4.78 is 0. The second-order valence-corrected chi connectivity index (χ2v) is 5.34. The molecule has 0 aliphatic carbocycles. The van der Waals surface area contributed by atoms with Gasteiger partial charge in [0.05, 0.1) is 12.6 Å². The van der Waals surface area contributed by atoms with Crippen molar-refractivity contribution in [3.8, 4) is 0 Å². The second-order valence-electron chi connectivity index (χ2n) is 5.34. The Labute approximate surface area is 91.8 Å². The average Bonchev–Trinajstić information content (AvgIpc) is 1.99. The van der Waals surface area contributed by atoms with Gasteiger partial charge in [0.25, 0.3) is 0 Å². The van der Waals surface area contributed by atoms with Crippen molar-refractivity contribution in [2.24, 2.45) is 31.1 Å². The molecule has 0 aromatic rings. The summed E-state index contributed by atoms with van der Waals surface area (Å²) in [5.41, 5.74) is -0.301. The van der Waals surface area contributed by atoms with E-state index in [4.69, 9.17) is 0 Å². The predicted molar refractivity (Wildman–Crippen MR) is 62.3 cm³/mol. The zero-order valence-corrected chi connectivity index (χ0v) is 10.7. The highest BCUT2D eigenvalue weighted by atomic mass is 15.5. The van der Waals surface area contributed by atoms with Crippen molar-refractivity contribution in [1.29, 1.82) is 0 Å². The van der Waals surface area contributed by atoms with Crippen LogP contribution in [-0.2, 0) is 0 Å². The second kappa shape index (κ2) is 5.09. The monoisotopic (exact) mass is 211 g/mol. The maximum atomic E-state index is 4.51. The van der Waals surface area contributed by atoms with Crippen molar-refractivity contribution >= 4 is 5.84 Å². The minimum atomic E-state index is -0.162. The zero-order chi connectivity index (χ0) is 12.1. The molecule has 0 rings (SSSR count). The highest BCUT2D eigenvalue weighted by Gasteiger charge is 2.22. The highest BCUT2D eigenvalue weighted by molar-refractivity contribution is 5.87. The molecule has 5 heteroatoms. The van der Waals surface area contributed by atoms with Gasteiger partial charge in [0.2, 0.25) is 0 Å². The molecule has 0 radical (unpaired) electrons. The maximum absolute atomic E-state index is 4.51. The quantitative estimate of drug-likeness (QED) is 0.275. The first-order valence-electron chi connectivity index (χ1n) is 4.97. The molecule has 0 aliphatic heterocycles. The van der Waals surface area contributed by atoms with Crippen LogP contribution >= 0.6 is 0 Å². The smallest absolute Gasteiger partial charge is 0.154 e.